The first-order valence-electron chi connectivity index (χ1n) is 6.34. The van der Waals surface area contributed by atoms with Crippen molar-refractivity contribution >= 4 is 11.3 Å². The van der Waals surface area contributed by atoms with Crippen LogP contribution in [-0.2, 0) is 6.54 Å². The molecule has 2 aromatic rings. The molecule has 1 aromatic heterocycles. The van der Waals surface area contributed by atoms with E-state index in [0.717, 1.165) is 25.9 Å². The molecular weight excluding hydrogens is 242 g/mol. The van der Waals surface area contributed by atoms with Gasteiger partial charge < -0.3 is 10.4 Å². The van der Waals surface area contributed by atoms with E-state index in [1.165, 1.54) is 16.0 Å². The number of aliphatic hydroxyl groups is 1. The Balaban J connectivity index is 1.83. The van der Waals surface area contributed by atoms with Crippen LogP contribution in [0.3, 0.4) is 0 Å². The molecule has 0 aliphatic heterocycles. The second kappa shape index (κ2) is 7.31. The van der Waals surface area contributed by atoms with Crippen molar-refractivity contribution in [1.82, 2.24) is 5.32 Å². The summed E-state index contributed by atoms with van der Waals surface area (Å²) in [5, 5.41) is 14.3. The summed E-state index contributed by atoms with van der Waals surface area (Å²) in [6.45, 7) is 2.18. The maximum absolute atomic E-state index is 8.69. The number of thiophene rings is 1. The molecule has 1 heterocycles. The van der Waals surface area contributed by atoms with Gasteiger partial charge in [0.05, 0.1) is 0 Å². The zero-order chi connectivity index (χ0) is 12.6. The van der Waals surface area contributed by atoms with Gasteiger partial charge in [-0.25, -0.2) is 0 Å². The molecule has 96 valence electrons. The van der Waals surface area contributed by atoms with Gasteiger partial charge in [0, 0.05) is 18.0 Å². The fourth-order valence-electron chi connectivity index (χ4n) is 1.83. The van der Waals surface area contributed by atoms with E-state index in [4.69, 9.17) is 5.11 Å². The standard InChI is InChI=1S/C15H19NOS/c17-9-5-4-8-16-11-15-10-14(12-18-15)13-6-2-1-3-7-13/h1-3,6-7,10,12,16-17H,4-5,8-9,11H2. The van der Waals surface area contributed by atoms with Gasteiger partial charge in [0.2, 0.25) is 0 Å². The quantitative estimate of drug-likeness (QED) is 0.750. The van der Waals surface area contributed by atoms with Crippen LogP contribution in [0.4, 0.5) is 0 Å². The third-order valence-electron chi connectivity index (χ3n) is 2.82. The summed E-state index contributed by atoms with van der Waals surface area (Å²) >= 11 is 1.80. The minimum absolute atomic E-state index is 0.291. The molecule has 2 rings (SSSR count). The summed E-state index contributed by atoms with van der Waals surface area (Å²) in [5.74, 6) is 0. The molecule has 0 fully saturated rings. The van der Waals surface area contributed by atoms with Crippen LogP contribution in [-0.4, -0.2) is 18.3 Å². The minimum Gasteiger partial charge on any atom is -0.396 e. The molecule has 0 bridgehead atoms. The van der Waals surface area contributed by atoms with E-state index >= 15 is 0 Å². The first-order chi connectivity index (χ1) is 8.90. The topological polar surface area (TPSA) is 32.3 Å². The van der Waals surface area contributed by atoms with E-state index < -0.39 is 0 Å². The van der Waals surface area contributed by atoms with Crippen LogP contribution in [0.15, 0.2) is 41.8 Å². The number of benzene rings is 1. The van der Waals surface area contributed by atoms with Crippen molar-refractivity contribution in [2.45, 2.75) is 19.4 Å². The van der Waals surface area contributed by atoms with Gasteiger partial charge in [-0.2, -0.15) is 0 Å². The average Bonchev–Trinajstić information content (AvgIpc) is 2.88. The summed E-state index contributed by atoms with van der Waals surface area (Å²) in [7, 11) is 0. The van der Waals surface area contributed by atoms with E-state index in [1.54, 1.807) is 11.3 Å². The van der Waals surface area contributed by atoms with Crippen LogP contribution in [0.2, 0.25) is 0 Å². The Morgan fingerprint density at radius 2 is 1.89 bits per heavy atom. The van der Waals surface area contributed by atoms with Crippen LogP contribution in [0.5, 0.6) is 0 Å². The lowest BCUT2D eigenvalue weighted by molar-refractivity contribution is 0.283. The van der Waals surface area contributed by atoms with E-state index in [9.17, 15) is 0 Å². The van der Waals surface area contributed by atoms with Crippen molar-refractivity contribution in [3.05, 3.63) is 46.7 Å². The highest BCUT2D eigenvalue weighted by molar-refractivity contribution is 7.10. The molecule has 2 nitrogen and oxygen atoms in total. The first kappa shape index (κ1) is 13.3. The fraction of sp³-hybridized carbons (Fsp3) is 0.333. The monoisotopic (exact) mass is 261 g/mol. The van der Waals surface area contributed by atoms with E-state index in [2.05, 4.69) is 41.0 Å². The summed E-state index contributed by atoms with van der Waals surface area (Å²) in [6.07, 6.45) is 1.92. The predicted octanol–water partition coefficient (Wildman–Crippen LogP) is 3.28. The molecule has 18 heavy (non-hydrogen) atoms. The van der Waals surface area contributed by atoms with E-state index in [1.807, 2.05) is 6.07 Å². The fourth-order valence-corrected chi connectivity index (χ4v) is 2.69. The highest BCUT2D eigenvalue weighted by Gasteiger charge is 2.01. The first-order valence-corrected chi connectivity index (χ1v) is 7.22. The van der Waals surface area contributed by atoms with E-state index in [0.29, 0.717) is 6.61 Å². The summed E-state index contributed by atoms with van der Waals surface area (Å²) in [5.41, 5.74) is 2.58. The molecule has 1 aromatic carbocycles. The third-order valence-corrected chi connectivity index (χ3v) is 3.76. The van der Waals surface area contributed by atoms with Crippen molar-refractivity contribution in [3.63, 3.8) is 0 Å². The van der Waals surface area contributed by atoms with Gasteiger partial charge in [0.25, 0.3) is 0 Å². The van der Waals surface area contributed by atoms with Crippen molar-refractivity contribution in [1.29, 1.82) is 0 Å². The van der Waals surface area contributed by atoms with Crippen LogP contribution >= 0.6 is 11.3 Å². The molecule has 0 aliphatic carbocycles. The molecule has 0 radical (unpaired) electrons. The summed E-state index contributed by atoms with van der Waals surface area (Å²) in [6, 6.07) is 12.7. The lowest BCUT2D eigenvalue weighted by atomic mass is 10.1. The molecular formula is C15H19NOS. The third kappa shape index (κ3) is 3.95. The molecule has 0 aliphatic rings. The molecule has 0 amide bonds. The number of unbranched alkanes of at least 4 members (excludes halogenated alkanes) is 1. The Kier molecular flexibility index (Phi) is 5.39. The zero-order valence-corrected chi connectivity index (χ0v) is 11.2. The number of aliphatic hydroxyl groups excluding tert-OH is 1. The van der Waals surface area contributed by atoms with E-state index in [-0.39, 0.29) is 0 Å². The van der Waals surface area contributed by atoms with Gasteiger partial charge in [0.1, 0.15) is 0 Å². The Bertz CT molecular complexity index is 453. The molecule has 0 atom stereocenters. The summed E-state index contributed by atoms with van der Waals surface area (Å²) in [4.78, 5) is 1.36. The van der Waals surface area contributed by atoms with Gasteiger partial charge in [-0.3, -0.25) is 0 Å². The van der Waals surface area contributed by atoms with Crippen LogP contribution in [0.1, 0.15) is 17.7 Å². The molecule has 0 saturated heterocycles. The maximum Gasteiger partial charge on any atom is 0.0431 e. The highest BCUT2D eigenvalue weighted by atomic mass is 32.1. The SMILES string of the molecule is OCCCCNCc1cc(-c2ccccc2)cs1. The summed E-state index contributed by atoms with van der Waals surface area (Å²) < 4.78 is 0. The van der Waals surface area contributed by atoms with Crippen LogP contribution in [0.25, 0.3) is 11.1 Å². The molecule has 0 saturated carbocycles. The van der Waals surface area contributed by atoms with Gasteiger partial charge in [-0.05, 0) is 42.0 Å². The average molecular weight is 261 g/mol. The molecule has 0 unspecified atom stereocenters. The smallest absolute Gasteiger partial charge is 0.0431 e. The van der Waals surface area contributed by atoms with Crippen molar-refractivity contribution < 1.29 is 5.11 Å². The predicted molar refractivity (Wildman–Crippen MR) is 77.8 cm³/mol. The number of rotatable bonds is 7. The van der Waals surface area contributed by atoms with Gasteiger partial charge in [0.15, 0.2) is 0 Å². The Hall–Kier alpha value is -1.16. The van der Waals surface area contributed by atoms with Gasteiger partial charge in [-0.1, -0.05) is 30.3 Å². The van der Waals surface area contributed by atoms with Crippen LogP contribution < -0.4 is 5.32 Å². The maximum atomic E-state index is 8.69. The molecule has 0 spiro atoms. The zero-order valence-electron chi connectivity index (χ0n) is 10.4. The molecule has 3 heteroatoms. The second-order valence-electron chi connectivity index (χ2n) is 4.28. The lowest BCUT2D eigenvalue weighted by Crippen LogP contribution is -2.14. The second-order valence-corrected chi connectivity index (χ2v) is 5.27. The van der Waals surface area contributed by atoms with Gasteiger partial charge in [-0.15, -0.1) is 11.3 Å². The Labute approximate surface area is 112 Å². The Morgan fingerprint density at radius 1 is 1.06 bits per heavy atom. The lowest BCUT2D eigenvalue weighted by Gasteiger charge is -2.01. The molecule has 2 N–H and O–H groups in total. The largest absolute Gasteiger partial charge is 0.396 e. The highest BCUT2D eigenvalue weighted by Crippen LogP contribution is 2.25. The minimum atomic E-state index is 0.291. The van der Waals surface area contributed by atoms with Crippen LogP contribution in [0, 0.1) is 0 Å². The van der Waals surface area contributed by atoms with Crippen molar-refractivity contribution in [2.24, 2.45) is 0 Å². The Morgan fingerprint density at radius 3 is 2.67 bits per heavy atom. The number of hydrogen-bond donors (Lipinski definition) is 2. The number of nitrogens with one attached hydrogen (secondary N) is 1. The number of hydrogen-bond acceptors (Lipinski definition) is 3. The van der Waals surface area contributed by atoms with Crippen molar-refractivity contribution in [3.8, 4) is 11.1 Å². The van der Waals surface area contributed by atoms with Crippen molar-refractivity contribution in [2.75, 3.05) is 13.2 Å². The normalized spacial score (nSPS) is 10.7. The van der Waals surface area contributed by atoms with Gasteiger partial charge >= 0.3 is 0 Å².